The number of hydrogen-bond donors (Lipinski definition) is 2. The highest BCUT2D eigenvalue weighted by molar-refractivity contribution is 5.88. The van der Waals surface area contributed by atoms with Crippen LogP contribution in [0, 0.1) is 5.41 Å². The highest BCUT2D eigenvalue weighted by Gasteiger charge is 2.31. The normalized spacial score (nSPS) is 18.1. The molecule has 0 bridgehead atoms. The van der Waals surface area contributed by atoms with Gasteiger partial charge in [0.05, 0.1) is 12.8 Å². The number of rotatable bonds is 6. The van der Waals surface area contributed by atoms with Crippen molar-refractivity contribution >= 4 is 5.97 Å². The molecule has 4 heteroatoms. The fourth-order valence-corrected chi connectivity index (χ4v) is 2.89. The summed E-state index contributed by atoms with van der Waals surface area (Å²) in [6.45, 7) is 3.68. The van der Waals surface area contributed by atoms with Crippen LogP contribution in [0.1, 0.15) is 55.1 Å². The Morgan fingerprint density at radius 3 is 2.83 bits per heavy atom. The summed E-state index contributed by atoms with van der Waals surface area (Å²) in [7, 11) is 0. The molecule has 0 radical (unpaired) electrons. The van der Waals surface area contributed by atoms with Gasteiger partial charge in [-0.3, -0.25) is 0 Å². The van der Waals surface area contributed by atoms with Gasteiger partial charge in [0.15, 0.2) is 0 Å². The smallest absolute Gasteiger partial charge is 0.339 e. The molecule has 1 aliphatic carbocycles. The Hall–Kier alpha value is -1.29. The molecule has 1 fully saturated rings. The predicted molar refractivity (Wildman–Crippen MR) is 68.6 cm³/mol. The van der Waals surface area contributed by atoms with E-state index in [1.807, 2.05) is 0 Å². The maximum absolute atomic E-state index is 10.9. The lowest BCUT2D eigenvalue weighted by molar-refractivity contribution is 0.0694. The highest BCUT2D eigenvalue weighted by Crippen LogP contribution is 2.40. The third-order valence-electron chi connectivity index (χ3n) is 4.18. The van der Waals surface area contributed by atoms with E-state index in [9.17, 15) is 4.79 Å². The van der Waals surface area contributed by atoms with Crippen LogP contribution in [0.15, 0.2) is 16.7 Å². The number of carbonyl (C=O) groups is 1. The molecule has 2 N–H and O–H groups in total. The third-order valence-corrected chi connectivity index (χ3v) is 4.18. The fraction of sp³-hybridized carbons (Fsp3) is 0.643. The van der Waals surface area contributed by atoms with Crippen molar-refractivity contribution in [1.29, 1.82) is 0 Å². The van der Waals surface area contributed by atoms with Crippen molar-refractivity contribution in [3.05, 3.63) is 23.7 Å². The summed E-state index contributed by atoms with van der Waals surface area (Å²) in [5.74, 6) is -0.404. The predicted octanol–water partition coefficient (Wildman–Crippen LogP) is 3.04. The van der Waals surface area contributed by atoms with E-state index in [1.54, 1.807) is 0 Å². The van der Waals surface area contributed by atoms with Crippen molar-refractivity contribution in [2.75, 3.05) is 6.54 Å². The Morgan fingerprint density at radius 2 is 2.22 bits per heavy atom. The summed E-state index contributed by atoms with van der Waals surface area (Å²) in [5.41, 5.74) is 0.676. The second-order valence-corrected chi connectivity index (χ2v) is 5.23. The summed E-state index contributed by atoms with van der Waals surface area (Å²) < 4.78 is 5.21. The molecule has 0 spiro atoms. The van der Waals surface area contributed by atoms with Crippen LogP contribution in [0.5, 0.6) is 0 Å². The molecule has 1 heterocycles. The quantitative estimate of drug-likeness (QED) is 0.815. The Morgan fingerprint density at radius 1 is 1.50 bits per heavy atom. The average Bonchev–Trinajstić information content (AvgIpc) is 2.98. The topological polar surface area (TPSA) is 62.5 Å². The lowest BCUT2D eigenvalue weighted by Crippen LogP contribution is -2.31. The molecule has 0 aliphatic heterocycles. The van der Waals surface area contributed by atoms with Gasteiger partial charge in [-0.2, -0.15) is 0 Å². The van der Waals surface area contributed by atoms with E-state index in [-0.39, 0.29) is 5.56 Å². The third kappa shape index (κ3) is 2.75. The Kier molecular flexibility index (Phi) is 4.07. The second-order valence-electron chi connectivity index (χ2n) is 5.23. The van der Waals surface area contributed by atoms with Gasteiger partial charge in [0.2, 0.25) is 0 Å². The standard InChI is InChI=1S/C14H21NO3/c1-2-14(6-3-4-7-14)10-15-9-12-11(13(16)17)5-8-18-12/h5,8,15H,2-4,6-7,9-10H2,1H3,(H,16,17). The van der Waals surface area contributed by atoms with Crippen LogP contribution in [-0.4, -0.2) is 17.6 Å². The van der Waals surface area contributed by atoms with Gasteiger partial charge in [-0.25, -0.2) is 4.79 Å². The SMILES string of the molecule is CCC1(CNCc2occc2C(=O)O)CCCC1. The van der Waals surface area contributed by atoms with Gasteiger partial charge in [-0.15, -0.1) is 0 Å². The van der Waals surface area contributed by atoms with Gasteiger partial charge in [-0.1, -0.05) is 19.8 Å². The van der Waals surface area contributed by atoms with E-state index >= 15 is 0 Å². The molecule has 1 aliphatic rings. The van der Waals surface area contributed by atoms with E-state index in [1.165, 1.54) is 44.4 Å². The molecule has 0 amide bonds. The molecule has 2 rings (SSSR count). The number of hydrogen-bond acceptors (Lipinski definition) is 3. The van der Waals surface area contributed by atoms with Gasteiger partial charge in [0.1, 0.15) is 11.3 Å². The molecular weight excluding hydrogens is 230 g/mol. The monoisotopic (exact) mass is 251 g/mol. The number of aromatic carboxylic acids is 1. The first-order valence-corrected chi connectivity index (χ1v) is 6.67. The number of carboxylic acids is 1. The maximum Gasteiger partial charge on any atom is 0.339 e. The zero-order chi connectivity index (χ0) is 13.0. The number of carboxylic acid groups (broad SMARTS) is 1. The Balaban J connectivity index is 1.88. The molecule has 100 valence electrons. The van der Waals surface area contributed by atoms with Crippen molar-refractivity contribution in [3.63, 3.8) is 0 Å². The van der Waals surface area contributed by atoms with Crippen LogP contribution in [0.2, 0.25) is 0 Å². The Labute approximate surface area is 107 Å². The first-order chi connectivity index (χ1) is 8.67. The summed E-state index contributed by atoms with van der Waals surface area (Å²) in [5, 5.41) is 12.3. The van der Waals surface area contributed by atoms with Crippen molar-refractivity contribution in [3.8, 4) is 0 Å². The van der Waals surface area contributed by atoms with Crippen LogP contribution < -0.4 is 5.32 Å². The van der Waals surface area contributed by atoms with Crippen molar-refractivity contribution in [1.82, 2.24) is 5.32 Å². The minimum Gasteiger partial charge on any atom is -0.478 e. The molecule has 1 aromatic heterocycles. The lowest BCUT2D eigenvalue weighted by Gasteiger charge is -2.27. The van der Waals surface area contributed by atoms with Crippen LogP contribution in [0.3, 0.4) is 0 Å². The van der Waals surface area contributed by atoms with Gasteiger partial charge < -0.3 is 14.8 Å². The molecule has 0 saturated heterocycles. The van der Waals surface area contributed by atoms with Crippen LogP contribution in [-0.2, 0) is 6.54 Å². The van der Waals surface area contributed by atoms with Crippen molar-refractivity contribution in [2.24, 2.45) is 5.41 Å². The fourth-order valence-electron chi connectivity index (χ4n) is 2.89. The largest absolute Gasteiger partial charge is 0.478 e. The van der Waals surface area contributed by atoms with Crippen molar-refractivity contribution in [2.45, 2.75) is 45.6 Å². The molecule has 1 aromatic rings. The van der Waals surface area contributed by atoms with E-state index in [2.05, 4.69) is 12.2 Å². The maximum atomic E-state index is 10.9. The van der Waals surface area contributed by atoms with E-state index in [0.29, 0.717) is 17.7 Å². The summed E-state index contributed by atoms with van der Waals surface area (Å²) in [6, 6.07) is 1.50. The van der Waals surface area contributed by atoms with E-state index in [4.69, 9.17) is 9.52 Å². The first-order valence-electron chi connectivity index (χ1n) is 6.67. The van der Waals surface area contributed by atoms with Gasteiger partial charge in [-0.05, 0) is 30.7 Å². The zero-order valence-electron chi connectivity index (χ0n) is 10.9. The first kappa shape index (κ1) is 13.1. The molecule has 0 aromatic carbocycles. The van der Waals surface area contributed by atoms with E-state index in [0.717, 1.165) is 6.54 Å². The van der Waals surface area contributed by atoms with Crippen LogP contribution in [0.4, 0.5) is 0 Å². The molecular formula is C14H21NO3. The highest BCUT2D eigenvalue weighted by atomic mass is 16.4. The molecule has 4 nitrogen and oxygen atoms in total. The number of furan rings is 1. The molecule has 0 unspecified atom stereocenters. The van der Waals surface area contributed by atoms with Crippen LogP contribution >= 0.6 is 0 Å². The minimum atomic E-state index is -0.924. The van der Waals surface area contributed by atoms with Gasteiger partial charge in [0, 0.05) is 6.54 Å². The van der Waals surface area contributed by atoms with E-state index < -0.39 is 5.97 Å². The van der Waals surface area contributed by atoms with Gasteiger partial charge >= 0.3 is 5.97 Å². The molecule has 18 heavy (non-hydrogen) atoms. The average molecular weight is 251 g/mol. The van der Waals surface area contributed by atoms with Crippen molar-refractivity contribution < 1.29 is 14.3 Å². The molecule has 1 saturated carbocycles. The summed E-state index contributed by atoms with van der Waals surface area (Å²) >= 11 is 0. The zero-order valence-corrected chi connectivity index (χ0v) is 10.9. The molecule has 0 atom stereocenters. The lowest BCUT2D eigenvalue weighted by atomic mass is 9.83. The minimum absolute atomic E-state index is 0.263. The van der Waals surface area contributed by atoms with Crippen LogP contribution in [0.25, 0.3) is 0 Å². The second kappa shape index (κ2) is 5.57. The summed E-state index contributed by atoms with van der Waals surface area (Å²) in [4.78, 5) is 10.9. The van der Waals surface area contributed by atoms with Gasteiger partial charge in [0.25, 0.3) is 0 Å². The Bertz CT molecular complexity index is 405. The summed E-state index contributed by atoms with van der Waals surface area (Å²) in [6.07, 6.45) is 7.81. The number of nitrogens with one attached hydrogen (secondary N) is 1.